The quantitative estimate of drug-likeness (QED) is 0.391. The first-order chi connectivity index (χ1) is 13.5. The van der Waals surface area contributed by atoms with Gasteiger partial charge in [-0.25, -0.2) is 4.98 Å². The third-order valence-electron chi connectivity index (χ3n) is 4.57. The largest absolute Gasteiger partial charge is 0.375 e. The molecule has 154 valence electrons. The molecule has 0 radical (unpaired) electrons. The normalized spacial score (nSPS) is 10.2. The predicted molar refractivity (Wildman–Crippen MR) is 126 cm³/mol. The molecule has 3 heteroatoms. The number of pyridine rings is 1. The van der Waals surface area contributed by atoms with Gasteiger partial charge in [0.05, 0.1) is 5.03 Å². The molecule has 2 rings (SSSR count). The second-order valence-corrected chi connectivity index (χ2v) is 7.97. The van der Waals surface area contributed by atoms with Crippen molar-refractivity contribution in [1.29, 1.82) is 0 Å². The van der Waals surface area contributed by atoms with E-state index in [-0.39, 0.29) is 0 Å². The fraction of sp³-hybridized carbons (Fsp3) is 0.480. The van der Waals surface area contributed by atoms with E-state index in [0.29, 0.717) is 0 Å². The fourth-order valence-electron chi connectivity index (χ4n) is 2.85. The molecule has 0 amide bonds. The van der Waals surface area contributed by atoms with E-state index < -0.39 is 0 Å². The first-order valence-electron chi connectivity index (χ1n) is 10.6. The maximum atomic E-state index is 4.45. The summed E-state index contributed by atoms with van der Waals surface area (Å²) < 4.78 is 0. The molecular weight excluding hydrogens is 360 g/mol. The summed E-state index contributed by atoms with van der Waals surface area (Å²) in [4.78, 5) is 6.83. The van der Waals surface area contributed by atoms with Gasteiger partial charge in [-0.1, -0.05) is 70.2 Å². The van der Waals surface area contributed by atoms with Crippen LogP contribution in [0.2, 0.25) is 0 Å². The molecular formula is C25H38N2S. The zero-order valence-corrected chi connectivity index (χ0v) is 19.3. The molecule has 0 N–H and O–H groups in total. The Bertz CT molecular complexity index is 673. The highest BCUT2D eigenvalue weighted by molar-refractivity contribution is 7.98. The Morgan fingerprint density at radius 2 is 1.64 bits per heavy atom. The van der Waals surface area contributed by atoms with Crippen molar-refractivity contribution >= 4 is 11.8 Å². The van der Waals surface area contributed by atoms with Crippen LogP contribution in [-0.4, -0.2) is 23.0 Å². The minimum absolute atomic E-state index is 0.990. The van der Waals surface area contributed by atoms with Crippen LogP contribution in [-0.2, 0) is 12.2 Å². The van der Waals surface area contributed by atoms with Crippen LogP contribution in [0.5, 0.6) is 0 Å². The van der Waals surface area contributed by atoms with E-state index in [1.165, 1.54) is 48.3 Å². The Labute approximate surface area is 177 Å². The van der Waals surface area contributed by atoms with Crippen molar-refractivity contribution in [1.82, 2.24) is 9.88 Å². The number of hydrogen-bond donors (Lipinski definition) is 0. The summed E-state index contributed by atoms with van der Waals surface area (Å²) >= 11 is 1.82. The first-order valence-corrected chi connectivity index (χ1v) is 11.6. The number of rotatable bonds is 10. The van der Waals surface area contributed by atoms with E-state index in [9.17, 15) is 0 Å². The van der Waals surface area contributed by atoms with Gasteiger partial charge < -0.3 is 4.90 Å². The Morgan fingerprint density at radius 3 is 2.18 bits per heavy atom. The summed E-state index contributed by atoms with van der Waals surface area (Å²) in [5.74, 6) is 0.990. The van der Waals surface area contributed by atoms with E-state index >= 15 is 0 Å². The summed E-state index contributed by atoms with van der Waals surface area (Å²) in [5.41, 5.74) is 5.29. The zero-order chi connectivity index (χ0) is 20.8. The minimum Gasteiger partial charge on any atom is -0.375 e. The van der Waals surface area contributed by atoms with Crippen molar-refractivity contribution < 1.29 is 0 Å². The molecule has 1 aromatic carbocycles. The lowest BCUT2D eigenvalue weighted by atomic mass is 10.2. The summed E-state index contributed by atoms with van der Waals surface area (Å²) in [6.07, 6.45) is 6.44. The molecule has 0 aliphatic carbocycles. The number of nitrogens with zero attached hydrogens (tertiary/aromatic N) is 2. The third-order valence-corrected chi connectivity index (χ3v) is 5.69. The predicted octanol–water partition coefficient (Wildman–Crippen LogP) is 7.28. The smallest absolute Gasteiger partial charge is 0.0994 e. The molecule has 0 spiro atoms. The molecule has 0 atom stereocenters. The van der Waals surface area contributed by atoms with Gasteiger partial charge in [0.25, 0.3) is 0 Å². The van der Waals surface area contributed by atoms with E-state index in [2.05, 4.69) is 81.4 Å². The molecule has 0 unspecified atom stereocenters. The number of thioether (sulfide) groups is 1. The van der Waals surface area contributed by atoms with Crippen LogP contribution in [0.4, 0.5) is 0 Å². The average Bonchev–Trinajstić information content (AvgIpc) is 2.73. The van der Waals surface area contributed by atoms with Crippen LogP contribution >= 0.6 is 11.8 Å². The lowest BCUT2D eigenvalue weighted by Gasteiger charge is -2.24. The minimum atomic E-state index is 0.990. The standard InChI is InChI=1S/C15H17NS.C10H21N/c1-3-14-5-4-10-16-15(14)17-11-13-8-6-12(2)7-9-13;1-5-8-11(9-6-2)10(4)7-3/h4-10H,3,11H2,1-2H3;4-9H2,1-3H3. The zero-order valence-electron chi connectivity index (χ0n) is 18.5. The highest BCUT2D eigenvalue weighted by atomic mass is 32.2. The van der Waals surface area contributed by atoms with Gasteiger partial charge in [-0.2, -0.15) is 0 Å². The molecule has 0 aliphatic rings. The summed E-state index contributed by atoms with van der Waals surface area (Å²) in [6, 6.07) is 12.9. The number of aromatic nitrogens is 1. The van der Waals surface area contributed by atoms with E-state index in [4.69, 9.17) is 0 Å². The monoisotopic (exact) mass is 398 g/mol. The Kier molecular flexibility index (Phi) is 12.4. The van der Waals surface area contributed by atoms with Crippen LogP contribution in [0.1, 0.15) is 63.6 Å². The van der Waals surface area contributed by atoms with Gasteiger partial charge in [0.1, 0.15) is 0 Å². The molecule has 1 aromatic heterocycles. The SMILES string of the molecule is C=C(CC)N(CCC)CCC.CCc1cccnc1SCc1ccc(C)cc1. The van der Waals surface area contributed by atoms with Crippen molar-refractivity contribution in [2.24, 2.45) is 0 Å². The summed E-state index contributed by atoms with van der Waals surface area (Å²) in [5, 5.41) is 1.16. The van der Waals surface area contributed by atoms with E-state index in [0.717, 1.165) is 23.6 Å². The maximum Gasteiger partial charge on any atom is 0.0994 e. The average molecular weight is 399 g/mol. The maximum absolute atomic E-state index is 4.45. The van der Waals surface area contributed by atoms with Crippen LogP contribution in [0, 0.1) is 6.92 Å². The molecule has 2 nitrogen and oxygen atoms in total. The molecule has 0 fully saturated rings. The van der Waals surface area contributed by atoms with Crippen LogP contribution < -0.4 is 0 Å². The van der Waals surface area contributed by atoms with Gasteiger partial charge >= 0.3 is 0 Å². The van der Waals surface area contributed by atoms with Gasteiger partial charge in [-0.3, -0.25) is 0 Å². The second-order valence-electron chi connectivity index (χ2n) is 7.00. The van der Waals surface area contributed by atoms with Crippen molar-refractivity contribution in [3.63, 3.8) is 0 Å². The van der Waals surface area contributed by atoms with E-state index in [1.54, 1.807) is 0 Å². The van der Waals surface area contributed by atoms with Gasteiger partial charge in [0, 0.05) is 30.7 Å². The topological polar surface area (TPSA) is 16.1 Å². The molecule has 1 heterocycles. The van der Waals surface area contributed by atoms with Crippen molar-refractivity contribution in [2.45, 2.75) is 71.1 Å². The first kappa shape index (κ1) is 24.3. The highest BCUT2D eigenvalue weighted by Crippen LogP contribution is 2.24. The molecule has 2 aromatic rings. The van der Waals surface area contributed by atoms with E-state index in [1.807, 2.05) is 24.0 Å². The lowest BCUT2D eigenvalue weighted by Crippen LogP contribution is -2.23. The lowest BCUT2D eigenvalue weighted by molar-refractivity contribution is 0.337. The Balaban J connectivity index is 0.000000311. The fourth-order valence-corrected chi connectivity index (χ4v) is 3.88. The molecule has 28 heavy (non-hydrogen) atoms. The number of hydrogen-bond acceptors (Lipinski definition) is 3. The molecule has 0 bridgehead atoms. The highest BCUT2D eigenvalue weighted by Gasteiger charge is 2.03. The van der Waals surface area contributed by atoms with Gasteiger partial charge in [-0.05, 0) is 49.8 Å². The van der Waals surface area contributed by atoms with Crippen LogP contribution in [0.25, 0.3) is 0 Å². The number of aryl methyl sites for hydroxylation is 2. The van der Waals surface area contributed by atoms with Gasteiger partial charge in [0.15, 0.2) is 0 Å². The molecule has 0 aliphatic heterocycles. The third kappa shape index (κ3) is 8.97. The van der Waals surface area contributed by atoms with Gasteiger partial charge in [0.2, 0.25) is 0 Å². The van der Waals surface area contributed by atoms with Crippen LogP contribution in [0.3, 0.4) is 0 Å². The second kappa shape index (κ2) is 14.3. The van der Waals surface area contributed by atoms with Gasteiger partial charge in [-0.15, -0.1) is 11.8 Å². The Morgan fingerprint density at radius 1 is 1.00 bits per heavy atom. The van der Waals surface area contributed by atoms with Crippen molar-refractivity contribution in [3.05, 3.63) is 71.6 Å². The van der Waals surface area contributed by atoms with Crippen molar-refractivity contribution in [3.8, 4) is 0 Å². The van der Waals surface area contributed by atoms with Crippen molar-refractivity contribution in [2.75, 3.05) is 13.1 Å². The number of benzene rings is 1. The summed E-state index contributed by atoms with van der Waals surface area (Å²) in [6.45, 7) is 17.3. The Hall–Kier alpha value is -1.74. The molecule has 0 saturated carbocycles. The molecule has 0 saturated heterocycles. The van der Waals surface area contributed by atoms with Crippen LogP contribution in [0.15, 0.2) is 59.9 Å². The number of allylic oxidation sites excluding steroid dienone is 1. The summed E-state index contributed by atoms with van der Waals surface area (Å²) in [7, 11) is 0.